The number of hydrogen-bond donors (Lipinski definition) is 0. The highest BCUT2D eigenvalue weighted by atomic mass is 35.5. The molecule has 1 aliphatic heterocycles. The lowest BCUT2D eigenvalue weighted by atomic mass is 10.4. The first kappa shape index (κ1) is 18.3. The number of pyridine rings is 1. The first-order chi connectivity index (χ1) is 11.8. The SMILES string of the molecule is O=S(=O)(c1ccc(Cl)cc1)N1CCN(S(=O)(=O)c2cccnc2)CC1. The van der Waals surface area contributed by atoms with Crippen molar-refractivity contribution in [1.29, 1.82) is 0 Å². The van der Waals surface area contributed by atoms with Gasteiger partial charge >= 0.3 is 0 Å². The van der Waals surface area contributed by atoms with Crippen molar-refractivity contribution >= 4 is 31.6 Å². The van der Waals surface area contributed by atoms with E-state index in [-0.39, 0.29) is 36.0 Å². The van der Waals surface area contributed by atoms with Crippen LogP contribution >= 0.6 is 11.6 Å². The van der Waals surface area contributed by atoms with Crippen molar-refractivity contribution in [2.24, 2.45) is 0 Å². The van der Waals surface area contributed by atoms with E-state index in [0.29, 0.717) is 5.02 Å². The summed E-state index contributed by atoms with van der Waals surface area (Å²) in [5, 5.41) is 0.450. The van der Waals surface area contributed by atoms with E-state index in [9.17, 15) is 16.8 Å². The molecule has 134 valence electrons. The monoisotopic (exact) mass is 401 g/mol. The van der Waals surface area contributed by atoms with Crippen LogP contribution in [0.25, 0.3) is 0 Å². The molecular formula is C15H16ClN3O4S2. The lowest BCUT2D eigenvalue weighted by Crippen LogP contribution is -2.50. The fourth-order valence-electron chi connectivity index (χ4n) is 2.55. The molecule has 1 fully saturated rings. The highest BCUT2D eigenvalue weighted by Crippen LogP contribution is 2.22. The van der Waals surface area contributed by atoms with Gasteiger partial charge in [0, 0.05) is 43.6 Å². The Morgan fingerprint density at radius 1 is 0.800 bits per heavy atom. The topological polar surface area (TPSA) is 87.7 Å². The molecule has 2 aromatic rings. The average Bonchev–Trinajstić information content (AvgIpc) is 2.63. The fraction of sp³-hybridized carbons (Fsp3) is 0.267. The van der Waals surface area contributed by atoms with Gasteiger partial charge in [0.05, 0.1) is 4.90 Å². The number of benzene rings is 1. The van der Waals surface area contributed by atoms with Crippen LogP contribution in [0, 0.1) is 0 Å². The van der Waals surface area contributed by atoms with Crippen molar-refractivity contribution in [3.8, 4) is 0 Å². The summed E-state index contributed by atoms with van der Waals surface area (Å²) in [6.07, 6.45) is 2.78. The average molecular weight is 402 g/mol. The first-order valence-electron chi connectivity index (χ1n) is 7.48. The third-order valence-electron chi connectivity index (χ3n) is 3.92. The summed E-state index contributed by atoms with van der Waals surface area (Å²) in [6, 6.07) is 8.93. The zero-order chi connectivity index (χ0) is 18.1. The number of sulfonamides is 2. The molecule has 0 unspecified atom stereocenters. The maximum atomic E-state index is 12.6. The number of piperazine rings is 1. The van der Waals surface area contributed by atoms with Crippen molar-refractivity contribution in [2.75, 3.05) is 26.2 Å². The van der Waals surface area contributed by atoms with Gasteiger partial charge in [-0.1, -0.05) is 11.6 Å². The van der Waals surface area contributed by atoms with Gasteiger partial charge in [0.25, 0.3) is 0 Å². The molecule has 0 N–H and O–H groups in total. The highest BCUT2D eigenvalue weighted by molar-refractivity contribution is 7.89. The van der Waals surface area contributed by atoms with Crippen molar-refractivity contribution in [2.45, 2.75) is 9.79 Å². The van der Waals surface area contributed by atoms with Crippen LogP contribution in [-0.4, -0.2) is 56.6 Å². The highest BCUT2D eigenvalue weighted by Gasteiger charge is 2.33. The summed E-state index contributed by atoms with van der Waals surface area (Å²) in [5.41, 5.74) is 0. The van der Waals surface area contributed by atoms with Crippen LogP contribution < -0.4 is 0 Å². The normalized spacial score (nSPS) is 17.5. The van der Waals surface area contributed by atoms with Crippen LogP contribution in [0.1, 0.15) is 0 Å². The Bertz CT molecular complexity index is 940. The van der Waals surface area contributed by atoms with E-state index in [2.05, 4.69) is 4.98 Å². The van der Waals surface area contributed by atoms with Crippen molar-refractivity contribution < 1.29 is 16.8 Å². The second kappa shape index (κ2) is 7.00. The summed E-state index contributed by atoms with van der Waals surface area (Å²) >= 11 is 5.79. The van der Waals surface area contributed by atoms with Crippen LogP contribution in [0.15, 0.2) is 58.6 Å². The number of halogens is 1. The van der Waals surface area contributed by atoms with E-state index in [4.69, 9.17) is 11.6 Å². The van der Waals surface area contributed by atoms with Crippen LogP contribution in [0.3, 0.4) is 0 Å². The van der Waals surface area contributed by atoms with Gasteiger partial charge < -0.3 is 0 Å². The number of aromatic nitrogens is 1. The van der Waals surface area contributed by atoms with Crippen LogP contribution in [0.2, 0.25) is 5.02 Å². The lowest BCUT2D eigenvalue weighted by molar-refractivity contribution is 0.273. The Hall–Kier alpha value is -1.52. The van der Waals surface area contributed by atoms with Gasteiger partial charge in [-0.3, -0.25) is 4.98 Å². The third kappa shape index (κ3) is 3.70. The molecule has 0 radical (unpaired) electrons. The molecule has 0 saturated carbocycles. The predicted molar refractivity (Wildman–Crippen MR) is 93.2 cm³/mol. The third-order valence-corrected chi connectivity index (χ3v) is 7.97. The summed E-state index contributed by atoms with van der Waals surface area (Å²) in [4.78, 5) is 4.06. The number of nitrogens with zero attached hydrogens (tertiary/aromatic N) is 3. The molecule has 25 heavy (non-hydrogen) atoms. The molecule has 10 heteroatoms. The van der Waals surface area contributed by atoms with E-state index in [1.807, 2.05) is 0 Å². The zero-order valence-corrected chi connectivity index (χ0v) is 15.5. The van der Waals surface area contributed by atoms with E-state index in [1.165, 1.54) is 51.3 Å². The van der Waals surface area contributed by atoms with Gasteiger partial charge in [0.2, 0.25) is 20.0 Å². The molecule has 0 bridgehead atoms. The van der Waals surface area contributed by atoms with Crippen molar-refractivity contribution in [3.05, 3.63) is 53.8 Å². The molecule has 1 aromatic heterocycles. The Morgan fingerprint density at radius 3 is 1.80 bits per heavy atom. The van der Waals surface area contributed by atoms with E-state index in [0.717, 1.165) is 0 Å². The van der Waals surface area contributed by atoms with Gasteiger partial charge in [-0.2, -0.15) is 8.61 Å². The van der Waals surface area contributed by atoms with E-state index >= 15 is 0 Å². The van der Waals surface area contributed by atoms with Crippen molar-refractivity contribution in [1.82, 2.24) is 13.6 Å². The Labute approximate surface area is 152 Å². The minimum atomic E-state index is -3.67. The molecule has 0 atom stereocenters. The summed E-state index contributed by atoms with van der Waals surface area (Å²) in [7, 11) is -7.34. The number of hydrogen-bond acceptors (Lipinski definition) is 5. The maximum Gasteiger partial charge on any atom is 0.244 e. The zero-order valence-electron chi connectivity index (χ0n) is 13.1. The molecule has 3 rings (SSSR count). The Balaban J connectivity index is 1.75. The van der Waals surface area contributed by atoms with Gasteiger partial charge in [0.1, 0.15) is 4.90 Å². The number of rotatable bonds is 4. The molecule has 7 nitrogen and oxygen atoms in total. The van der Waals surface area contributed by atoms with Gasteiger partial charge in [-0.15, -0.1) is 0 Å². The molecule has 0 spiro atoms. The smallest absolute Gasteiger partial charge is 0.244 e. The minimum absolute atomic E-state index is 0.0873. The van der Waals surface area contributed by atoms with Gasteiger partial charge in [0.15, 0.2) is 0 Å². The second-order valence-corrected chi connectivity index (χ2v) is 9.76. The van der Waals surface area contributed by atoms with Crippen LogP contribution in [0.4, 0.5) is 0 Å². The van der Waals surface area contributed by atoms with E-state index in [1.54, 1.807) is 6.07 Å². The minimum Gasteiger partial charge on any atom is -0.263 e. The molecule has 0 amide bonds. The lowest BCUT2D eigenvalue weighted by Gasteiger charge is -2.33. The van der Waals surface area contributed by atoms with Gasteiger partial charge in [-0.25, -0.2) is 16.8 Å². The first-order valence-corrected chi connectivity index (χ1v) is 10.7. The summed E-state index contributed by atoms with van der Waals surface area (Å²) in [5.74, 6) is 0. The standard InChI is InChI=1S/C15H16ClN3O4S2/c16-13-3-5-14(6-4-13)24(20,21)18-8-10-19(11-9-18)25(22,23)15-2-1-7-17-12-15/h1-7,12H,8-11H2. The summed E-state index contributed by atoms with van der Waals surface area (Å²) < 4.78 is 52.9. The Kier molecular flexibility index (Phi) is 5.12. The van der Waals surface area contributed by atoms with E-state index < -0.39 is 20.0 Å². The fourth-order valence-corrected chi connectivity index (χ4v) is 5.49. The largest absolute Gasteiger partial charge is 0.263 e. The summed E-state index contributed by atoms with van der Waals surface area (Å²) in [6.45, 7) is 0.350. The molecule has 0 aliphatic carbocycles. The second-order valence-electron chi connectivity index (χ2n) is 5.45. The Morgan fingerprint density at radius 2 is 1.32 bits per heavy atom. The van der Waals surface area contributed by atoms with Crippen molar-refractivity contribution in [3.63, 3.8) is 0 Å². The predicted octanol–water partition coefficient (Wildman–Crippen LogP) is 1.43. The molecule has 1 aromatic carbocycles. The molecule has 2 heterocycles. The van der Waals surface area contributed by atoms with Crippen LogP contribution in [-0.2, 0) is 20.0 Å². The van der Waals surface area contributed by atoms with Gasteiger partial charge in [-0.05, 0) is 36.4 Å². The maximum absolute atomic E-state index is 12.6. The molecule has 1 aliphatic rings. The molecular weight excluding hydrogens is 386 g/mol. The van der Waals surface area contributed by atoms with Crippen LogP contribution in [0.5, 0.6) is 0 Å². The molecule has 1 saturated heterocycles. The quantitative estimate of drug-likeness (QED) is 0.773.